The molecule has 20 rings (SSSR count). The Kier molecular flexibility index (Phi) is 11.3. The number of nitrogens with zero attached hydrogens (tertiary/aromatic N) is 6. The van der Waals surface area contributed by atoms with Crippen molar-refractivity contribution in [1.82, 2.24) is 13.7 Å². The summed E-state index contributed by atoms with van der Waals surface area (Å²) in [5, 5.41) is 7.22. The van der Waals surface area contributed by atoms with E-state index in [2.05, 4.69) is 304 Å². The van der Waals surface area contributed by atoms with E-state index in [1.54, 1.807) is 0 Å². The number of aromatic nitrogens is 3. The SMILES string of the molecule is Cc1ccc(N2c3cc(-n4c5ccccc5c5ccccc54)cc4[c]3[Sb]35([O]c6c(Cl)c(Cl)c(Cl)c(Cl)c6[O]3)[c]3c2cc(-n2c6ccccc6c6ccccc62)cc3N(c2ccc(C)cc2)c2cc(-n3c6ccccc6c6ccccc63)cc([c]25)N4c2ccc(C)cc2)cc1. The Labute approximate surface area is 562 Å². The second-order valence-electron chi connectivity index (χ2n) is 25.2. The number of hydrogen-bond acceptors (Lipinski definition) is 5. The van der Waals surface area contributed by atoms with E-state index in [9.17, 15) is 0 Å². The van der Waals surface area contributed by atoms with Crippen molar-refractivity contribution < 1.29 is 6.03 Å². The monoisotopic (exact) mass is 1400 g/mol. The number of fused-ring (bicyclic) bond motifs is 10. The third-order valence-electron chi connectivity index (χ3n) is 19.9. The standard InChI is InChI=1S/C75H51N6.C6H2Cl4O2.Sb/c1-49-28-34-52(35-29-49)76-55-40-57(45-61(43-55)79-70-22-10-4-16-64(70)65-17-5-11-23-71(65)79)77(53-36-30-50(2)31-37-53)59-42-60(48-63(47-59)81-74-26-14-8-20-68(74)69-21-9-15-27-75(69)81)78(54-38-32-51(3)33-39-54)58-41-56(76)44-62(46-58)80-72-24-12-6-18-66(72)67-19-7-13-25-73(67)80;7-1-2(8)4(10)6(12)5(11)3(1)9;/h4-39,43-48H,1-3H3;11-12H;/q;;+2/p-2. The molecule has 8 nitrogen and oxygen atoms in total. The molecule has 0 radical (unpaired) electrons. The van der Waals surface area contributed by atoms with Gasteiger partial charge in [0.2, 0.25) is 0 Å². The number of benzene rings is 13. The Morgan fingerprint density at radius 2 is 0.468 bits per heavy atom. The molecule has 0 bridgehead atoms. The van der Waals surface area contributed by atoms with Gasteiger partial charge in [-0.1, -0.05) is 0 Å². The summed E-state index contributed by atoms with van der Waals surface area (Å²) in [4.78, 5) is 7.40. The first kappa shape index (κ1) is 54.8. The zero-order valence-electron chi connectivity index (χ0n) is 50.7. The van der Waals surface area contributed by atoms with Crippen molar-refractivity contribution in [3.63, 3.8) is 0 Å². The van der Waals surface area contributed by atoms with Crippen molar-refractivity contribution in [1.29, 1.82) is 0 Å². The van der Waals surface area contributed by atoms with Gasteiger partial charge in [-0.3, -0.25) is 0 Å². The molecule has 7 heterocycles. The van der Waals surface area contributed by atoms with Crippen LogP contribution < -0.4 is 31.3 Å². The van der Waals surface area contributed by atoms with Gasteiger partial charge in [-0.05, 0) is 0 Å². The van der Waals surface area contributed by atoms with Gasteiger partial charge in [-0.15, -0.1) is 0 Å². The molecule has 0 saturated heterocycles. The molecule has 16 aromatic rings. The quantitative estimate of drug-likeness (QED) is 0.0943. The van der Waals surface area contributed by atoms with Gasteiger partial charge in [0.1, 0.15) is 0 Å². The summed E-state index contributed by atoms with van der Waals surface area (Å²) in [5.41, 5.74) is 20.5. The topological polar surface area (TPSA) is 43.0 Å². The maximum atomic E-state index is 8.70. The minimum atomic E-state index is -6.87. The molecule has 1 spiro atoms. The van der Waals surface area contributed by atoms with Crippen molar-refractivity contribution in [2.45, 2.75) is 20.8 Å². The summed E-state index contributed by atoms with van der Waals surface area (Å²) in [7, 11) is 0. The van der Waals surface area contributed by atoms with Crippen LogP contribution in [0.3, 0.4) is 0 Å². The van der Waals surface area contributed by atoms with Gasteiger partial charge in [0, 0.05) is 0 Å². The first-order valence-corrected chi connectivity index (χ1v) is 38.8. The molecule has 13 aromatic carbocycles. The fourth-order valence-corrected chi connectivity index (χ4v) is 33.8. The molecule has 3 aromatic heterocycles. The molecule has 94 heavy (non-hydrogen) atoms. The normalized spacial score (nSPS) is 14.9. The van der Waals surface area contributed by atoms with Gasteiger partial charge >= 0.3 is 567 Å². The van der Waals surface area contributed by atoms with Crippen molar-refractivity contribution >= 4 is 192 Å². The van der Waals surface area contributed by atoms with Crippen LogP contribution in [-0.4, -0.2) is 31.9 Å². The fraction of sp³-hybridized carbons (Fsp3) is 0.0370. The van der Waals surface area contributed by atoms with Gasteiger partial charge < -0.3 is 0 Å². The molecule has 0 fully saturated rings. The Balaban J connectivity index is 1.07. The van der Waals surface area contributed by atoms with E-state index in [1.807, 2.05) is 0 Å². The molecule has 0 atom stereocenters. The molecule has 4 aliphatic rings. The predicted molar refractivity (Wildman–Crippen MR) is 394 cm³/mol. The van der Waals surface area contributed by atoms with Crippen LogP contribution in [0.15, 0.2) is 255 Å². The Bertz CT molecular complexity index is 5270. The third-order valence-corrected chi connectivity index (χ3v) is 35.6. The fourth-order valence-electron chi connectivity index (χ4n) is 16.1. The first-order valence-electron chi connectivity index (χ1n) is 31.4. The van der Waals surface area contributed by atoms with Crippen LogP contribution in [0.5, 0.6) is 11.5 Å². The summed E-state index contributed by atoms with van der Waals surface area (Å²) in [6.45, 7) is 6.42. The predicted octanol–water partition coefficient (Wildman–Crippen LogP) is 21.8. The van der Waals surface area contributed by atoms with Crippen molar-refractivity contribution in [3.8, 4) is 28.6 Å². The summed E-state index contributed by atoms with van der Waals surface area (Å²) < 4.78 is 27.3. The molecular weight excluding hydrogens is 1350 g/mol. The van der Waals surface area contributed by atoms with Crippen molar-refractivity contribution in [3.05, 3.63) is 292 Å². The molecule has 0 aliphatic carbocycles. The summed E-state index contributed by atoms with van der Waals surface area (Å²) in [6, 6.07) is 93.1. The average Bonchev–Trinajstić information content (AvgIpc) is 1.15. The van der Waals surface area contributed by atoms with E-state index < -0.39 is 18.2 Å². The van der Waals surface area contributed by atoms with E-state index in [0.29, 0.717) is 0 Å². The number of anilines is 9. The van der Waals surface area contributed by atoms with Crippen LogP contribution in [0.2, 0.25) is 20.1 Å². The Hall–Kier alpha value is -9.76. The van der Waals surface area contributed by atoms with Crippen LogP contribution in [0, 0.1) is 20.8 Å². The molecular formula is C81H51Cl4N6O2Sb. The number of halogens is 4. The second kappa shape index (κ2) is 19.4. The molecule has 450 valence electrons. The Morgan fingerprint density at radius 1 is 0.255 bits per heavy atom. The van der Waals surface area contributed by atoms with Crippen molar-refractivity contribution in [2.24, 2.45) is 0 Å². The summed E-state index contributed by atoms with van der Waals surface area (Å²) >= 11 is 23.4. The van der Waals surface area contributed by atoms with E-state index in [1.165, 1.54) is 0 Å². The summed E-state index contributed by atoms with van der Waals surface area (Å²) in [5.74, 6) is 0.490. The molecule has 13 heteroatoms. The zero-order valence-corrected chi connectivity index (χ0v) is 56.3. The number of hydrogen-bond donors (Lipinski definition) is 0. The average molecular weight is 1400 g/mol. The van der Waals surface area contributed by atoms with Gasteiger partial charge in [-0.2, -0.15) is 0 Å². The van der Waals surface area contributed by atoms with E-state index in [0.717, 1.165) is 161 Å². The second-order valence-corrected chi connectivity index (χ2v) is 37.0. The molecule has 0 N–H and O–H groups in total. The van der Waals surface area contributed by atoms with Gasteiger partial charge in [-0.25, -0.2) is 0 Å². The molecule has 0 saturated carbocycles. The van der Waals surface area contributed by atoms with E-state index >= 15 is 0 Å². The molecule has 0 amide bonds. The van der Waals surface area contributed by atoms with Crippen LogP contribution in [0.1, 0.15) is 16.7 Å². The number of para-hydroxylation sites is 6. The van der Waals surface area contributed by atoms with Crippen LogP contribution >= 0.6 is 46.4 Å². The van der Waals surface area contributed by atoms with E-state index in [4.69, 9.17) is 52.4 Å². The number of aryl methyl sites for hydroxylation is 3. The van der Waals surface area contributed by atoms with E-state index in [-0.39, 0.29) is 31.6 Å². The Morgan fingerprint density at radius 3 is 0.691 bits per heavy atom. The van der Waals surface area contributed by atoms with Gasteiger partial charge in [0.25, 0.3) is 0 Å². The summed E-state index contributed by atoms with van der Waals surface area (Å²) in [6.07, 6.45) is 0. The maximum absolute atomic E-state index is 8.70. The van der Waals surface area contributed by atoms with Crippen LogP contribution in [0.25, 0.3) is 82.5 Å². The van der Waals surface area contributed by atoms with Crippen LogP contribution in [0.4, 0.5) is 51.2 Å². The minimum absolute atomic E-state index is 0.0768. The van der Waals surface area contributed by atoms with Crippen LogP contribution in [-0.2, 0) is 0 Å². The zero-order chi connectivity index (χ0) is 62.8. The number of rotatable bonds is 6. The molecule has 4 aliphatic heterocycles. The third kappa shape index (κ3) is 7.01. The first-order chi connectivity index (χ1) is 46.0. The van der Waals surface area contributed by atoms with Gasteiger partial charge in [0.05, 0.1) is 0 Å². The molecule has 0 unspecified atom stereocenters. The van der Waals surface area contributed by atoms with Gasteiger partial charge in [0.15, 0.2) is 0 Å². The van der Waals surface area contributed by atoms with Crippen molar-refractivity contribution in [2.75, 3.05) is 14.7 Å².